The van der Waals surface area contributed by atoms with Crippen LogP contribution in [0.5, 0.6) is 5.88 Å². The van der Waals surface area contributed by atoms with Gasteiger partial charge in [-0.1, -0.05) is 0 Å². The van der Waals surface area contributed by atoms with Gasteiger partial charge in [-0.05, 0) is 94.2 Å². The molecule has 304 valence electrons. The Labute approximate surface area is 340 Å². The van der Waals surface area contributed by atoms with Crippen molar-refractivity contribution in [1.82, 2.24) is 39.6 Å². The minimum Gasteiger partial charge on any atom is -0.481 e. The van der Waals surface area contributed by atoms with Gasteiger partial charge in [0.2, 0.25) is 11.8 Å². The molecule has 16 nitrogen and oxygen atoms in total. The number of ether oxygens (including phenoxy) is 1. The van der Waals surface area contributed by atoms with Crippen LogP contribution in [0.2, 0.25) is 0 Å². The Morgan fingerprint density at radius 3 is 2.49 bits per heavy atom. The van der Waals surface area contributed by atoms with E-state index >= 15 is 0 Å². The number of hydrogen-bond acceptors (Lipinski definition) is 12. The van der Waals surface area contributed by atoms with Crippen molar-refractivity contribution in [3.05, 3.63) is 77.6 Å². The lowest BCUT2D eigenvalue weighted by Crippen LogP contribution is -2.45. The average molecular weight is 798 g/mol. The third kappa shape index (κ3) is 7.52. The summed E-state index contributed by atoms with van der Waals surface area (Å²) >= 11 is 0. The minimum absolute atomic E-state index is 0.0523. The number of nitrogens with zero attached hydrogens (tertiary/aromatic N) is 9. The van der Waals surface area contributed by atoms with Crippen molar-refractivity contribution >= 4 is 57.4 Å². The summed E-state index contributed by atoms with van der Waals surface area (Å²) in [7, 11) is 1.56. The van der Waals surface area contributed by atoms with E-state index in [-0.39, 0.29) is 35.4 Å². The van der Waals surface area contributed by atoms with Crippen molar-refractivity contribution in [2.75, 3.05) is 61.5 Å². The predicted molar refractivity (Wildman–Crippen MR) is 221 cm³/mol. The number of carbonyl (C=O) groups is 2. The topological polar surface area (TPSA) is 172 Å². The van der Waals surface area contributed by atoms with Crippen LogP contribution in [-0.2, 0) is 14.4 Å². The van der Waals surface area contributed by atoms with Crippen molar-refractivity contribution in [3.8, 4) is 5.88 Å². The molecule has 4 aliphatic heterocycles. The van der Waals surface area contributed by atoms with Crippen LogP contribution in [0.1, 0.15) is 85.7 Å². The Morgan fingerprint density at radius 2 is 1.73 bits per heavy atom. The lowest BCUT2D eigenvalue weighted by atomic mass is 9.88. The number of benzene rings is 1. The first-order chi connectivity index (χ1) is 28.9. The van der Waals surface area contributed by atoms with Crippen molar-refractivity contribution in [2.45, 2.75) is 69.7 Å². The summed E-state index contributed by atoms with van der Waals surface area (Å²) in [4.78, 5) is 61.6. The fraction of sp³-hybridized carbons (Fsp3) is 0.442. The van der Waals surface area contributed by atoms with E-state index in [0.717, 1.165) is 85.3 Å². The van der Waals surface area contributed by atoms with E-state index in [1.165, 1.54) is 6.42 Å². The third-order valence-electron chi connectivity index (χ3n) is 12.5. The number of nitrogens with one attached hydrogen (secondary N) is 2. The van der Waals surface area contributed by atoms with Gasteiger partial charge in [0, 0.05) is 74.4 Å². The van der Waals surface area contributed by atoms with E-state index in [0.29, 0.717) is 61.8 Å². The number of likely N-dealkylation sites (tertiary alicyclic amines) is 1. The SMILES string of the molecule is COc1nc(N2CCC(C(=O)N3CCC(n4cc5cc(NC(=O)c6cccn7cnnc67)c(N6CCCCC6)cc5n4)CC3)CC2)ccc1C1CCC(=C=O)NC1=C=O. The largest absolute Gasteiger partial charge is 0.481 e. The maximum Gasteiger partial charge on any atom is 0.259 e. The van der Waals surface area contributed by atoms with Crippen molar-refractivity contribution in [1.29, 1.82) is 0 Å². The van der Waals surface area contributed by atoms with E-state index in [9.17, 15) is 19.2 Å². The maximum absolute atomic E-state index is 13.8. The quantitative estimate of drug-likeness (QED) is 0.208. The maximum atomic E-state index is 13.8. The molecule has 4 fully saturated rings. The monoisotopic (exact) mass is 797 g/mol. The van der Waals surface area contributed by atoms with Gasteiger partial charge in [0.15, 0.2) is 5.65 Å². The zero-order chi connectivity index (χ0) is 40.5. The molecule has 9 rings (SSSR count). The molecule has 5 aromatic rings. The number of pyridine rings is 2. The first kappa shape index (κ1) is 38.0. The Kier molecular flexibility index (Phi) is 10.6. The van der Waals surface area contributed by atoms with E-state index in [1.807, 2.05) is 47.2 Å². The summed E-state index contributed by atoms with van der Waals surface area (Å²) in [6.45, 7) is 4.57. The molecule has 8 heterocycles. The molecule has 0 saturated carbocycles. The summed E-state index contributed by atoms with van der Waals surface area (Å²) in [6.07, 6.45) is 13.0. The van der Waals surface area contributed by atoms with Crippen LogP contribution in [0.3, 0.4) is 0 Å². The van der Waals surface area contributed by atoms with Gasteiger partial charge in [-0.3, -0.25) is 18.7 Å². The van der Waals surface area contributed by atoms with Gasteiger partial charge in [-0.2, -0.15) is 10.1 Å². The normalized spacial score (nSPS) is 19.4. The number of hydrogen-bond donors (Lipinski definition) is 2. The third-order valence-corrected chi connectivity index (χ3v) is 12.5. The van der Waals surface area contributed by atoms with Crippen LogP contribution in [0, 0.1) is 5.92 Å². The molecule has 16 heteroatoms. The molecule has 0 spiro atoms. The first-order valence-corrected chi connectivity index (χ1v) is 20.6. The van der Waals surface area contributed by atoms with E-state index < -0.39 is 0 Å². The Balaban J connectivity index is 0.834. The highest BCUT2D eigenvalue weighted by atomic mass is 16.5. The Morgan fingerprint density at radius 1 is 0.915 bits per heavy atom. The van der Waals surface area contributed by atoms with Gasteiger partial charge in [0.25, 0.3) is 5.91 Å². The highest BCUT2D eigenvalue weighted by Gasteiger charge is 2.33. The van der Waals surface area contributed by atoms with Gasteiger partial charge >= 0.3 is 0 Å². The van der Waals surface area contributed by atoms with Crippen LogP contribution in [0.25, 0.3) is 16.6 Å². The summed E-state index contributed by atoms with van der Waals surface area (Å²) in [5.41, 5.74) is 4.95. The fourth-order valence-corrected chi connectivity index (χ4v) is 9.22. The molecule has 0 aliphatic carbocycles. The van der Waals surface area contributed by atoms with Crippen molar-refractivity contribution < 1.29 is 23.9 Å². The van der Waals surface area contributed by atoms with Crippen molar-refractivity contribution in [3.63, 3.8) is 0 Å². The molecule has 0 bridgehead atoms. The number of anilines is 3. The van der Waals surface area contributed by atoms with Crippen LogP contribution in [0.15, 0.2) is 66.5 Å². The predicted octanol–water partition coefficient (Wildman–Crippen LogP) is 4.70. The van der Waals surface area contributed by atoms with Crippen LogP contribution in [-0.4, -0.2) is 104 Å². The molecule has 1 unspecified atom stereocenters. The lowest BCUT2D eigenvalue weighted by Gasteiger charge is -2.37. The molecule has 2 amide bonds. The highest BCUT2D eigenvalue weighted by Crippen LogP contribution is 2.39. The zero-order valence-corrected chi connectivity index (χ0v) is 33.1. The standard InChI is InChI=1S/C43H47N11O5/c1-59-42-33(32-8-7-30(25-55)45-37(32)26-56)9-10-39(47-42)51-18-11-28(12-19-51)43(58)52-20-13-31(14-21-52)54-24-29-22-36(38(23-35(29)49-54)50-15-3-2-4-16-50)46-41(57)34-6-5-17-53-27-44-48-40(34)53/h5-6,9-10,17,22-24,27-28,31-32,45H,2-4,7-8,11-16,18-21H2,1H3,(H,46,57). The minimum atomic E-state index is -0.306. The number of methoxy groups -OCH3 is 1. The summed E-state index contributed by atoms with van der Waals surface area (Å²) in [5.74, 6) is 4.59. The molecule has 0 radical (unpaired) electrons. The number of fused-ring (bicyclic) bond motifs is 2. The van der Waals surface area contributed by atoms with Crippen LogP contribution in [0.4, 0.5) is 17.2 Å². The van der Waals surface area contributed by atoms with Gasteiger partial charge in [0.1, 0.15) is 35.4 Å². The molecule has 59 heavy (non-hydrogen) atoms. The molecular weight excluding hydrogens is 751 g/mol. The first-order valence-electron chi connectivity index (χ1n) is 20.6. The van der Waals surface area contributed by atoms with Gasteiger partial charge < -0.3 is 30.1 Å². The van der Waals surface area contributed by atoms with Crippen LogP contribution < -0.4 is 25.2 Å². The molecule has 4 saturated heterocycles. The van der Waals surface area contributed by atoms with Crippen LogP contribution >= 0.6 is 0 Å². The number of piperidine rings is 4. The summed E-state index contributed by atoms with van der Waals surface area (Å²) in [6, 6.07) is 11.7. The molecule has 4 aromatic heterocycles. The smallest absolute Gasteiger partial charge is 0.259 e. The van der Waals surface area contributed by atoms with Crippen molar-refractivity contribution in [2.24, 2.45) is 5.92 Å². The van der Waals surface area contributed by atoms with E-state index in [4.69, 9.17) is 14.8 Å². The second-order valence-corrected chi connectivity index (χ2v) is 15.9. The Bertz CT molecular complexity index is 2500. The fourth-order valence-electron chi connectivity index (χ4n) is 9.22. The number of allylic oxidation sites excluding steroid dienone is 2. The molecule has 4 aliphatic rings. The molecule has 2 N–H and O–H groups in total. The second kappa shape index (κ2) is 16.4. The number of aromatic nitrogens is 6. The molecule has 1 aromatic carbocycles. The second-order valence-electron chi connectivity index (χ2n) is 15.9. The Hall–Kier alpha value is -6.50. The molecule has 1 atom stereocenters. The average Bonchev–Trinajstić information content (AvgIpc) is 3.96. The summed E-state index contributed by atoms with van der Waals surface area (Å²) < 4.78 is 9.46. The van der Waals surface area contributed by atoms with E-state index in [2.05, 4.69) is 47.6 Å². The molecular formula is C43H47N11O5. The van der Waals surface area contributed by atoms with Gasteiger partial charge in [-0.25, -0.2) is 9.59 Å². The highest BCUT2D eigenvalue weighted by molar-refractivity contribution is 6.10. The van der Waals surface area contributed by atoms with Gasteiger partial charge in [-0.15, -0.1) is 10.2 Å². The number of carbonyl (C=O) groups excluding carboxylic acids is 4. The number of rotatable bonds is 8. The summed E-state index contributed by atoms with van der Waals surface area (Å²) in [5, 5.41) is 20.2. The lowest BCUT2D eigenvalue weighted by molar-refractivity contribution is -0.137. The van der Waals surface area contributed by atoms with Gasteiger partial charge in [0.05, 0.1) is 35.6 Å². The number of amides is 2. The zero-order valence-electron chi connectivity index (χ0n) is 33.1. The van der Waals surface area contributed by atoms with E-state index in [1.54, 1.807) is 23.9 Å².